The normalized spacial score (nSPS) is 33.5. The van der Waals surface area contributed by atoms with Gasteiger partial charge in [0.15, 0.2) is 0 Å². The summed E-state index contributed by atoms with van der Waals surface area (Å²) in [6, 6.07) is 0.661. The first-order valence-electron chi connectivity index (χ1n) is 7.25. The molecule has 1 saturated carbocycles. The Morgan fingerprint density at radius 1 is 1.24 bits per heavy atom. The van der Waals surface area contributed by atoms with E-state index in [1.807, 2.05) is 0 Å². The van der Waals surface area contributed by atoms with Gasteiger partial charge in [-0.15, -0.1) is 0 Å². The smallest absolute Gasteiger partial charge is 0.0471 e. The minimum atomic E-state index is 0.439. The van der Waals surface area contributed by atoms with Crippen LogP contribution in [-0.4, -0.2) is 32.3 Å². The van der Waals surface area contributed by atoms with Crippen LogP contribution in [0.3, 0.4) is 0 Å². The first-order valence-corrected chi connectivity index (χ1v) is 7.25. The second kappa shape index (κ2) is 6.17. The third-order valence-electron chi connectivity index (χ3n) is 4.70. The first-order chi connectivity index (χ1) is 8.23. The zero-order valence-electron chi connectivity index (χ0n) is 11.2. The van der Waals surface area contributed by atoms with Crippen LogP contribution in [0.5, 0.6) is 0 Å². The number of hydrogen-bond donors (Lipinski definition) is 2. The maximum Gasteiger partial charge on any atom is 0.0471 e. The molecular weight excluding hydrogens is 212 g/mol. The van der Waals surface area contributed by atoms with Crippen molar-refractivity contribution >= 4 is 0 Å². The van der Waals surface area contributed by atoms with E-state index >= 15 is 0 Å². The Morgan fingerprint density at radius 3 is 2.65 bits per heavy atom. The van der Waals surface area contributed by atoms with Crippen LogP contribution in [-0.2, 0) is 4.74 Å². The number of nitrogens with two attached hydrogens (primary N) is 1. The van der Waals surface area contributed by atoms with Crippen molar-refractivity contribution in [3.8, 4) is 0 Å². The van der Waals surface area contributed by atoms with Crippen LogP contribution < -0.4 is 11.1 Å². The summed E-state index contributed by atoms with van der Waals surface area (Å²) in [6.45, 7) is 6.24. The van der Waals surface area contributed by atoms with Gasteiger partial charge in [-0.1, -0.05) is 19.8 Å². The molecule has 0 radical (unpaired) electrons. The summed E-state index contributed by atoms with van der Waals surface area (Å²) in [6.07, 6.45) is 7.75. The van der Waals surface area contributed by atoms with Crippen molar-refractivity contribution in [2.45, 2.75) is 51.5 Å². The third kappa shape index (κ3) is 3.67. The highest BCUT2D eigenvalue weighted by atomic mass is 16.5. The van der Waals surface area contributed by atoms with Gasteiger partial charge in [0.25, 0.3) is 0 Å². The fraction of sp³-hybridized carbons (Fsp3) is 1.00. The monoisotopic (exact) mass is 240 g/mol. The van der Waals surface area contributed by atoms with Crippen molar-refractivity contribution in [2.24, 2.45) is 17.1 Å². The molecule has 100 valence electrons. The molecule has 0 aromatic rings. The average Bonchev–Trinajstić information content (AvgIpc) is 2.38. The summed E-state index contributed by atoms with van der Waals surface area (Å²) in [4.78, 5) is 0. The fourth-order valence-corrected chi connectivity index (χ4v) is 3.18. The van der Waals surface area contributed by atoms with Crippen LogP contribution >= 0.6 is 0 Å². The zero-order chi connectivity index (χ0) is 12.1. The number of rotatable bonds is 4. The Bertz CT molecular complexity index is 226. The van der Waals surface area contributed by atoms with Crippen LogP contribution in [0.4, 0.5) is 0 Å². The molecule has 1 heterocycles. The molecule has 2 atom stereocenters. The largest absolute Gasteiger partial charge is 0.381 e. The van der Waals surface area contributed by atoms with Crippen LogP contribution in [0, 0.1) is 11.3 Å². The fourth-order valence-electron chi connectivity index (χ4n) is 3.18. The lowest BCUT2D eigenvalue weighted by Gasteiger charge is -2.38. The molecular formula is C14H28N2O. The summed E-state index contributed by atoms with van der Waals surface area (Å²) >= 11 is 0. The van der Waals surface area contributed by atoms with Gasteiger partial charge in [-0.05, 0) is 43.6 Å². The lowest BCUT2D eigenvalue weighted by molar-refractivity contribution is 0.0212. The van der Waals surface area contributed by atoms with Crippen LogP contribution in [0.25, 0.3) is 0 Å². The molecule has 3 heteroatoms. The van der Waals surface area contributed by atoms with Gasteiger partial charge in [0.1, 0.15) is 0 Å². The predicted octanol–water partition coefficient (Wildman–Crippen LogP) is 1.91. The topological polar surface area (TPSA) is 47.3 Å². The van der Waals surface area contributed by atoms with Gasteiger partial charge in [0, 0.05) is 25.8 Å². The number of hydrogen-bond acceptors (Lipinski definition) is 3. The van der Waals surface area contributed by atoms with E-state index in [1.54, 1.807) is 0 Å². The number of ether oxygens (including phenoxy) is 1. The molecule has 1 aliphatic carbocycles. The lowest BCUT2D eigenvalue weighted by Crippen LogP contribution is -2.47. The van der Waals surface area contributed by atoms with Crippen molar-refractivity contribution in [3.05, 3.63) is 0 Å². The van der Waals surface area contributed by atoms with Gasteiger partial charge in [-0.3, -0.25) is 0 Å². The minimum absolute atomic E-state index is 0.439. The van der Waals surface area contributed by atoms with Crippen LogP contribution in [0.15, 0.2) is 0 Å². The van der Waals surface area contributed by atoms with Crippen LogP contribution in [0.1, 0.15) is 45.4 Å². The molecule has 0 aromatic heterocycles. The minimum Gasteiger partial charge on any atom is -0.381 e. The summed E-state index contributed by atoms with van der Waals surface area (Å²) in [5, 5.41) is 3.80. The molecule has 1 aliphatic heterocycles. The molecule has 0 spiro atoms. The SMILES string of the molecule is CC1(CNC2CCCCC2CN)CCOCC1. The predicted molar refractivity (Wildman–Crippen MR) is 71.0 cm³/mol. The highest BCUT2D eigenvalue weighted by Gasteiger charge is 2.30. The molecule has 2 unspecified atom stereocenters. The first kappa shape index (κ1) is 13.3. The Balaban J connectivity index is 1.79. The van der Waals surface area contributed by atoms with E-state index in [9.17, 15) is 0 Å². The molecule has 2 rings (SSSR count). The van der Waals surface area contributed by atoms with Crippen molar-refractivity contribution < 1.29 is 4.74 Å². The molecule has 2 aliphatic rings. The third-order valence-corrected chi connectivity index (χ3v) is 4.70. The van der Waals surface area contributed by atoms with E-state index in [2.05, 4.69) is 12.2 Å². The number of nitrogens with one attached hydrogen (secondary N) is 1. The van der Waals surface area contributed by atoms with Gasteiger partial charge < -0.3 is 15.8 Å². The van der Waals surface area contributed by atoms with E-state index < -0.39 is 0 Å². The van der Waals surface area contributed by atoms with Gasteiger partial charge in [-0.25, -0.2) is 0 Å². The Hall–Kier alpha value is -0.120. The van der Waals surface area contributed by atoms with Crippen molar-refractivity contribution in [1.29, 1.82) is 0 Å². The molecule has 17 heavy (non-hydrogen) atoms. The summed E-state index contributed by atoms with van der Waals surface area (Å²) < 4.78 is 5.45. The molecule has 1 saturated heterocycles. The highest BCUT2D eigenvalue weighted by molar-refractivity contribution is 4.86. The van der Waals surface area contributed by atoms with E-state index in [-0.39, 0.29) is 0 Å². The van der Waals surface area contributed by atoms with Gasteiger partial charge in [0.05, 0.1) is 0 Å². The molecule has 3 N–H and O–H groups in total. The second-order valence-electron chi connectivity index (χ2n) is 6.19. The zero-order valence-corrected chi connectivity index (χ0v) is 11.2. The van der Waals surface area contributed by atoms with E-state index in [1.165, 1.54) is 38.5 Å². The maximum absolute atomic E-state index is 5.88. The quantitative estimate of drug-likeness (QED) is 0.789. The van der Waals surface area contributed by atoms with E-state index in [0.29, 0.717) is 17.4 Å². The van der Waals surface area contributed by atoms with Gasteiger partial charge in [-0.2, -0.15) is 0 Å². The van der Waals surface area contributed by atoms with Crippen molar-refractivity contribution in [2.75, 3.05) is 26.3 Å². The standard InChI is InChI=1S/C14H28N2O/c1-14(6-8-17-9-7-14)11-16-13-5-3-2-4-12(13)10-15/h12-13,16H,2-11,15H2,1H3. The summed E-state index contributed by atoms with van der Waals surface area (Å²) in [5.74, 6) is 0.701. The van der Waals surface area contributed by atoms with Gasteiger partial charge in [0.2, 0.25) is 0 Å². The average molecular weight is 240 g/mol. The highest BCUT2D eigenvalue weighted by Crippen LogP contribution is 2.30. The second-order valence-corrected chi connectivity index (χ2v) is 6.19. The van der Waals surface area contributed by atoms with Crippen molar-refractivity contribution in [3.63, 3.8) is 0 Å². The summed E-state index contributed by atoms with van der Waals surface area (Å²) in [7, 11) is 0. The molecule has 0 amide bonds. The summed E-state index contributed by atoms with van der Waals surface area (Å²) in [5.41, 5.74) is 6.31. The maximum atomic E-state index is 5.88. The Labute approximate surface area is 105 Å². The Morgan fingerprint density at radius 2 is 1.94 bits per heavy atom. The lowest BCUT2D eigenvalue weighted by atomic mass is 9.80. The molecule has 0 bridgehead atoms. The molecule has 3 nitrogen and oxygen atoms in total. The van der Waals surface area contributed by atoms with Crippen molar-refractivity contribution in [1.82, 2.24) is 5.32 Å². The van der Waals surface area contributed by atoms with E-state index in [0.717, 1.165) is 26.3 Å². The molecule has 0 aromatic carbocycles. The van der Waals surface area contributed by atoms with E-state index in [4.69, 9.17) is 10.5 Å². The van der Waals surface area contributed by atoms with Gasteiger partial charge >= 0.3 is 0 Å². The van der Waals surface area contributed by atoms with Crippen LogP contribution in [0.2, 0.25) is 0 Å². The Kier molecular flexibility index (Phi) is 4.83. The molecule has 2 fully saturated rings.